The minimum atomic E-state index is -4.61. The van der Waals surface area contributed by atoms with Gasteiger partial charge in [0.1, 0.15) is 6.33 Å². The summed E-state index contributed by atoms with van der Waals surface area (Å²) in [5.41, 5.74) is -1.75. The number of hydrogen-bond donors (Lipinski definition) is 2. The van der Waals surface area contributed by atoms with Crippen molar-refractivity contribution >= 4 is 23.0 Å². The second-order valence-corrected chi connectivity index (χ2v) is 6.67. The monoisotopic (exact) mass is 410 g/mol. The molecule has 1 fully saturated rings. The predicted molar refractivity (Wildman–Crippen MR) is 102 cm³/mol. The number of halogens is 3. The zero-order valence-corrected chi connectivity index (χ0v) is 15.6. The van der Waals surface area contributed by atoms with Gasteiger partial charge in [-0.2, -0.15) is 13.2 Å². The number of hydrogen-bond acceptors (Lipinski definition) is 7. The Morgan fingerprint density at radius 3 is 2.48 bits per heavy atom. The Labute approximate surface area is 165 Å². The number of anilines is 3. The van der Waals surface area contributed by atoms with Crippen LogP contribution in [0, 0.1) is 10.1 Å². The van der Waals surface area contributed by atoms with Gasteiger partial charge in [-0.25, -0.2) is 9.97 Å². The Morgan fingerprint density at radius 1 is 1.10 bits per heavy atom. The molecule has 1 saturated heterocycles. The Morgan fingerprint density at radius 2 is 1.79 bits per heavy atom. The summed E-state index contributed by atoms with van der Waals surface area (Å²) in [6.45, 7) is 3.08. The number of alkyl halides is 3. The van der Waals surface area contributed by atoms with Crippen LogP contribution in [-0.2, 0) is 6.18 Å². The maximum Gasteiger partial charge on any atom is 0.418 e. The first-order valence-electron chi connectivity index (χ1n) is 9.25. The number of rotatable bonds is 7. The lowest BCUT2D eigenvalue weighted by molar-refractivity contribution is -0.383. The molecule has 1 aromatic heterocycles. The van der Waals surface area contributed by atoms with Crippen LogP contribution in [0.15, 0.2) is 30.6 Å². The summed E-state index contributed by atoms with van der Waals surface area (Å²) in [5, 5.41) is 17.0. The van der Waals surface area contributed by atoms with Crippen molar-refractivity contribution in [2.45, 2.75) is 25.4 Å². The molecule has 1 aromatic carbocycles. The van der Waals surface area contributed by atoms with Crippen LogP contribution in [0.3, 0.4) is 0 Å². The third kappa shape index (κ3) is 5.31. The van der Waals surface area contributed by atoms with E-state index in [0.717, 1.165) is 38.3 Å². The molecule has 1 aliphatic rings. The van der Waals surface area contributed by atoms with Crippen molar-refractivity contribution in [2.24, 2.45) is 0 Å². The normalized spacial score (nSPS) is 15.1. The van der Waals surface area contributed by atoms with Crippen molar-refractivity contribution in [3.05, 3.63) is 46.3 Å². The van der Waals surface area contributed by atoms with Crippen LogP contribution in [0.25, 0.3) is 0 Å². The van der Waals surface area contributed by atoms with E-state index in [2.05, 4.69) is 25.5 Å². The topological polar surface area (TPSA) is 96.2 Å². The van der Waals surface area contributed by atoms with E-state index >= 15 is 0 Å². The van der Waals surface area contributed by atoms with Crippen molar-refractivity contribution in [1.29, 1.82) is 0 Å². The minimum Gasteiger partial charge on any atom is -0.363 e. The quantitative estimate of drug-likeness (QED) is 0.525. The zero-order valence-electron chi connectivity index (χ0n) is 15.6. The van der Waals surface area contributed by atoms with Crippen molar-refractivity contribution < 1.29 is 18.1 Å². The molecule has 3 rings (SSSR count). The highest BCUT2D eigenvalue weighted by molar-refractivity contribution is 5.75. The summed E-state index contributed by atoms with van der Waals surface area (Å²) in [7, 11) is 0. The summed E-state index contributed by atoms with van der Waals surface area (Å²) in [5.74, 6) is -0.337. The zero-order chi connectivity index (χ0) is 20.9. The largest absolute Gasteiger partial charge is 0.418 e. The third-order valence-electron chi connectivity index (χ3n) is 4.66. The van der Waals surface area contributed by atoms with Crippen LogP contribution in [0.4, 0.5) is 36.2 Å². The predicted octanol–water partition coefficient (Wildman–Crippen LogP) is 4.05. The second kappa shape index (κ2) is 9.03. The first-order chi connectivity index (χ1) is 13.9. The molecule has 0 unspecified atom stereocenters. The molecule has 2 aromatic rings. The molecule has 29 heavy (non-hydrogen) atoms. The van der Waals surface area contributed by atoms with Gasteiger partial charge in [0.25, 0.3) is 0 Å². The van der Waals surface area contributed by atoms with Gasteiger partial charge in [-0.3, -0.25) is 10.1 Å². The number of nitrogens with one attached hydrogen (secondary N) is 2. The van der Waals surface area contributed by atoms with Gasteiger partial charge in [-0.1, -0.05) is 18.6 Å². The SMILES string of the molecule is O=[N+]([O-])c1c(NCCN2CCCCC2)ncnc1Nc1ccccc1C(F)(F)F. The lowest BCUT2D eigenvalue weighted by atomic mass is 10.1. The van der Waals surface area contributed by atoms with E-state index in [-0.39, 0.29) is 17.3 Å². The van der Waals surface area contributed by atoms with E-state index in [4.69, 9.17) is 0 Å². The van der Waals surface area contributed by atoms with E-state index in [1.54, 1.807) is 0 Å². The van der Waals surface area contributed by atoms with Crippen LogP contribution in [0.5, 0.6) is 0 Å². The Bertz CT molecular complexity index is 856. The van der Waals surface area contributed by atoms with Gasteiger partial charge in [0.05, 0.1) is 16.2 Å². The Balaban J connectivity index is 1.79. The second-order valence-electron chi connectivity index (χ2n) is 6.67. The van der Waals surface area contributed by atoms with E-state index in [9.17, 15) is 23.3 Å². The summed E-state index contributed by atoms with van der Waals surface area (Å²) in [4.78, 5) is 20.8. The summed E-state index contributed by atoms with van der Waals surface area (Å²) in [6.07, 6.45) is -0.0773. The van der Waals surface area contributed by atoms with Gasteiger partial charge >= 0.3 is 11.9 Å². The molecule has 2 N–H and O–H groups in total. The molecular weight excluding hydrogens is 389 g/mol. The molecule has 2 heterocycles. The highest BCUT2D eigenvalue weighted by atomic mass is 19.4. The number of likely N-dealkylation sites (tertiary alicyclic amines) is 1. The molecule has 0 amide bonds. The smallest absolute Gasteiger partial charge is 0.363 e. The fourth-order valence-electron chi connectivity index (χ4n) is 3.25. The summed E-state index contributed by atoms with van der Waals surface area (Å²) >= 11 is 0. The maximum atomic E-state index is 13.2. The maximum absolute atomic E-state index is 13.2. The van der Waals surface area contributed by atoms with Gasteiger partial charge in [0.15, 0.2) is 0 Å². The fourth-order valence-corrected chi connectivity index (χ4v) is 3.25. The van der Waals surface area contributed by atoms with E-state index in [1.165, 1.54) is 24.6 Å². The van der Waals surface area contributed by atoms with Crippen LogP contribution in [0.2, 0.25) is 0 Å². The Hall–Kier alpha value is -2.95. The van der Waals surface area contributed by atoms with Gasteiger partial charge < -0.3 is 15.5 Å². The number of benzene rings is 1. The van der Waals surface area contributed by atoms with Gasteiger partial charge in [-0.05, 0) is 38.1 Å². The van der Waals surface area contributed by atoms with Gasteiger partial charge in [0, 0.05) is 13.1 Å². The number of aromatic nitrogens is 2. The minimum absolute atomic E-state index is 0.0333. The van der Waals surface area contributed by atoms with Crippen molar-refractivity contribution in [3.63, 3.8) is 0 Å². The lowest BCUT2D eigenvalue weighted by Gasteiger charge is -2.26. The summed E-state index contributed by atoms with van der Waals surface area (Å²) < 4.78 is 39.6. The molecule has 0 spiro atoms. The third-order valence-corrected chi connectivity index (χ3v) is 4.66. The first kappa shape index (κ1) is 20.8. The standard InChI is InChI=1S/C18H21F3N6O2/c19-18(20,21)13-6-2-3-7-14(13)25-17-15(27(28)29)16(23-12-24-17)22-8-11-26-9-4-1-5-10-26/h2-3,6-7,12H,1,4-5,8-11H2,(H2,22,23,24,25). The molecule has 0 radical (unpaired) electrons. The molecule has 0 saturated carbocycles. The Kier molecular flexibility index (Phi) is 6.47. The fraction of sp³-hybridized carbons (Fsp3) is 0.444. The number of para-hydroxylation sites is 1. The highest BCUT2D eigenvalue weighted by Gasteiger charge is 2.34. The number of nitrogens with zero attached hydrogens (tertiary/aromatic N) is 4. The average Bonchev–Trinajstić information content (AvgIpc) is 2.68. The molecule has 156 valence electrons. The highest BCUT2D eigenvalue weighted by Crippen LogP contribution is 2.38. The number of piperidine rings is 1. The number of nitro groups is 1. The van der Waals surface area contributed by atoms with Crippen LogP contribution < -0.4 is 10.6 Å². The van der Waals surface area contributed by atoms with Crippen LogP contribution in [0.1, 0.15) is 24.8 Å². The summed E-state index contributed by atoms with van der Waals surface area (Å²) in [6, 6.07) is 4.74. The van der Waals surface area contributed by atoms with Gasteiger partial charge in [-0.15, -0.1) is 0 Å². The first-order valence-corrected chi connectivity index (χ1v) is 9.25. The van der Waals surface area contributed by atoms with Gasteiger partial charge in [0.2, 0.25) is 11.6 Å². The van der Waals surface area contributed by atoms with Crippen LogP contribution >= 0.6 is 0 Å². The van der Waals surface area contributed by atoms with Crippen molar-refractivity contribution in [1.82, 2.24) is 14.9 Å². The molecule has 0 bridgehead atoms. The van der Waals surface area contributed by atoms with E-state index in [0.29, 0.717) is 13.1 Å². The van der Waals surface area contributed by atoms with Crippen molar-refractivity contribution in [3.8, 4) is 0 Å². The molecule has 1 aliphatic heterocycles. The van der Waals surface area contributed by atoms with Crippen molar-refractivity contribution in [2.75, 3.05) is 36.8 Å². The lowest BCUT2D eigenvalue weighted by Crippen LogP contribution is -2.33. The van der Waals surface area contributed by atoms with E-state index in [1.807, 2.05) is 0 Å². The molecule has 11 heteroatoms. The van der Waals surface area contributed by atoms with E-state index < -0.39 is 22.4 Å². The molecular formula is C18H21F3N6O2. The molecule has 0 atom stereocenters. The average molecular weight is 410 g/mol. The molecule has 0 aliphatic carbocycles. The van der Waals surface area contributed by atoms with Crippen LogP contribution in [-0.4, -0.2) is 46.0 Å². The molecule has 8 nitrogen and oxygen atoms in total.